The second-order valence-electron chi connectivity index (χ2n) is 9.30. The van der Waals surface area contributed by atoms with Crippen LogP contribution in [0.4, 0.5) is 11.4 Å². The Morgan fingerprint density at radius 2 is 1.89 bits per heavy atom. The van der Waals surface area contributed by atoms with Gasteiger partial charge in [0.05, 0.1) is 15.5 Å². The SMILES string of the molecule is Cc1ccc([N+](=O)[O-])cc1-c1ccc(/C=C2\SC(=Nc3ccccc3)N([C@H]3CCCC[C@@H]3C)C2=O)o1. The van der Waals surface area contributed by atoms with E-state index in [0.717, 1.165) is 30.5 Å². The Balaban J connectivity index is 1.48. The van der Waals surface area contributed by atoms with Crippen molar-refractivity contribution >= 4 is 40.3 Å². The summed E-state index contributed by atoms with van der Waals surface area (Å²) >= 11 is 1.36. The molecule has 2 atom stereocenters. The standard InChI is InChI=1S/C28H27N3O4S/c1-18-12-13-21(31(33)34)16-23(18)25-15-14-22(35-25)17-26-27(32)30(24-11-7-6-8-19(24)2)28(36-26)29-20-9-4-3-5-10-20/h3-5,9-10,12-17,19,24H,6-8,11H2,1-2H3/b26-17-,29-28?/t19-,24-/m0/s1. The molecule has 1 saturated heterocycles. The molecule has 0 N–H and O–H groups in total. The molecule has 1 aliphatic heterocycles. The number of aliphatic imine (C=N–C) groups is 1. The van der Waals surface area contributed by atoms with Crippen LogP contribution in [-0.2, 0) is 4.79 Å². The highest BCUT2D eigenvalue weighted by atomic mass is 32.2. The molecule has 0 spiro atoms. The Bertz CT molecular complexity index is 1360. The first-order valence-electron chi connectivity index (χ1n) is 12.1. The van der Waals surface area contributed by atoms with E-state index < -0.39 is 4.92 Å². The Kier molecular flexibility index (Phi) is 6.78. The first-order chi connectivity index (χ1) is 17.4. The van der Waals surface area contributed by atoms with Crippen LogP contribution < -0.4 is 0 Å². The second kappa shape index (κ2) is 10.1. The highest BCUT2D eigenvalue weighted by molar-refractivity contribution is 8.18. The number of rotatable bonds is 5. The topological polar surface area (TPSA) is 89.0 Å². The van der Waals surface area contributed by atoms with E-state index in [0.29, 0.717) is 33.1 Å². The van der Waals surface area contributed by atoms with E-state index in [9.17, 15) is 14.9 Å². The number of nitro benzene ring substituents is 1. The van der Waals surface area contributed by atoms with Crippen molar-refractivity contribution in [1.29, 1.82) is 0 Å². The maximum atomic E-state index is 13.6. The van der Waals surface area contributed by atoms with Crippen molar-refractivity contribution in [3.63, 3.8) is 0 Å². The molecular weight excluding hydrogens is 474 g/mol. The van der Waals surface area contributed by atoms with E-state index >= 15 is 0 Å². The van der Waals surface area contributed by atoms with Gasteiger partial charge in [0, 0.05) is 29.8 Å². The summed E-state index contributed by atoms with van der Waals surface area (Å²) in [5.41, 5.74) is 2.34. The molecule has 1 aromatic heterocycles. The molecule has 1 amide bonds. The number of aryl methyl sites for hydroxylation is 1. The average molecular weight is 502 g/mol. The van der Waals surface area contributed by atoms with Crippen molar-refractivity contribution in [2.45, 2.75) is 45.6 Å². The van der Waals surface area contributed by atoms with Gasteiger partial charge in [0.2, 0.25) is 0 Å². The van der Waals surface area contributed by atoms with Crippen molar-refractivity contribution in [2.24, 2.45) is 10.9 Å². The van der Waals surface area contributed by atoms with Crippen molar-refractivity contribution in [1.82, 2.24) is 4.90 Å². The van der Waals surface area contributed by atoms with E-state index in [4.69, 9.17) is 9.41 Å². The molecule has 5 rings (SSSR count). The number of thioether (sulfide) groups is 1. The third-order valence-electron chi connectivity index (χ3n) is 6.81. The van der Waals surface area contributed by atoms with Crippen molar-refractivity contribution < 1.29 is 14.1 Å². The van der Waals surface area contributed by atoms with Gasteiger partial charge in [-0.05, 0) is 67.3 Å². The van der Waals surface area contributed by atoms with Gasteiger partial charge in [0.15, 0.2) is 5.17 Å². The number of carbonyl (C=O) groups excluding carboxylic acids is 1. The number of nitrogens with zero attached hydrogens (tertiary/aromatic N) is 3. The first-order valence-corrected chi connectivity index (χ1v) is 12.9. The normalized spacial score (nSPS) is 22.5. The molecule has 7 nitrogen and oxygen atoms in total. The average Bonchev–Trinajstić information content (AvgIpc) is 3.45. The molecule has 1 aliphatic carbocycles. The van der Waals surface area contributed by atoms with E-state index in [1.807, 2.05) is 42.2 Å². The molecule has 184 valence electrons. The Morgan fingerprint density at radius 3 is 2.64 bits per heavy atom. The van der Waals surface area contributed by atoms with Crippen LogP contribution in [0, 0.1) is 23.0 Å². The van der Waals surface area contributed by atoms with Gasteiger partial charge in [-0.25, -0.2) is 4.99 Å². The number of hydrogen-bond donors (Lipinski definition) is 0. The van der Waals surface area contributed by atoms with Gasteiger partial charge in [0.25, 0.3) is 11.6 Å². The third kappa shape index (κ3) is 4.86. The largest absolute Gasteiger partial charge is 0.457 e. The minimum atomic E-state index is -0.420. The van der Waals surface area contributed by atoms with Gasteiger partial charge in [0.1, 0.15) is 11.5 Å². The zero-order chi connectivity index (χ0) is 25.2. The summed E-state index contributed by atoms with van der Waals surface area (Å²) in [6.45, 7) is 4.09. The van der Waals surface area contributed by atoms with Crippen molar-refractivity contribution in [2.75, 3.05) is 0 Å². The summed E-state index contributed by atoms with van der Waals surface area (Å²) in [5.74, 6) is 1.38. The number of amidine groups is 1. The van der Waals surface area contributed by atoms with E-state index in [2.05, 4.69) is 6.92 Å². The number of carbonyl (C=O) groups is 1. The van der Waals surface area contributed by atoms with Gasteiger partial charge in [-0.3, -0.25) is 19.8 Å². The molecule has 2 heterocycles. The van der Waals surface area contributed by atoms with Gasteiger partial charge < -0.3 is 4.42 Å². The Morgan fingerprint density at radius 1 is 1.11 bits per heavy atom. The van der Waals surface area contributed by atoms with Crippen molar-refractivity contribution in [3.8, 4) is 11.3 Å². The zero-order valence-electron chi connectivity index (χ0n) is 20.2. The van der Waals surface area contributed by atoms with Crippen LogP contribution in [0.15, 0.2) is 75.0 Å². The van der Waals surface area contributed by atoms with Crippen LogP contribution in [0.3, 0.4) is 0 Å². The Hall–Kier alpha value is -3.65. The van der Waals surface area contributed by atoms with Crippen LogP contribution in [0.2, 0.25) is 0 Å². The molecular formula is C28H27N3O4S. The summed E-state index contributed by atoms with van der Waals surface area (Å²) < 4.78 is 6.03. The summed E-state index contributed by atoms with van der Waals surface area (Å²) in [6.07, 6.45) is 6.10. The smallest absolute Gasteiger partial charge is 0.270 e. The molecule has 0 unspecified atom stereocenters. The lowest BCUT2D eigenvalue weighted by Gasteiger charge is -2.35. The fourth-order valence-corrected chi connectivity index (χ4v) is 5.87. The lowest BCUT2D eigenvalue weighted by Crippen LogP contribution is -2.44. The van der Waals surface area contributed by atoms with Crippen LogP contribution in [0.5, 0.6) is 0 Å². The van der Waals surface area contributed by atoms with Gasteiger partial charge >= 0.3 is 0 Å². The Labute approximate surface area is 214 Å². The molecule has 0 bridgehead atoms. The highest BCUT2D eigenvalue weighted by Gasteiger charge is 2.41. The number of non-ortho nitro benzene ring substituents is 1. The highest BCUT2D eigenvalue weighted by Crippen LogP contribution is 2.40. The quantitative estimate of drug-likeness (QED) is 0.207. The summed E-state index contributed by atoms with van der Waals surface area (Å²) in [7, 11) is 0. The van der Waals surface area contributed by atoms with Crippen LogP contribution in [0.25, 0.3) is 17.4 Å². The predicted octanol–water partition coefficient (Wildman–Crippen LogP) is 7.35. The molecule has 2 aliphatic rings. The first kappa shape index (κ1) is 24.1. The maximum absolute atomic E-state index is 13.6. The van der Waals surface area contributed by atoms with E-state index in [1.54, 1.807) is 24.3 Å². The maximum Gasteiger partial charge on any atom is 0.270 e. The molecule has 8 heteroatoms. The van der Waals surface area contributed by atoms with Gasteiger partial charge in [-0.2, -0.15) is 0 Å². The fourth-order valence-electron chi connectivity index (χ4n) is 4.84. The lowest BCUT2D eigenvalue weighted by molar-refractivity contribution is -0.384. The number of nitro groups is 1. The van der Waals surface area contributed by atoms with E-state index in [-0.39, 0.29) is 17.6 Å². The monoisotopic (exact) mass is 501 g/mol. The molecule has 2 fully saturated rings. The van der Waals surface area contributed by atoms with E-state index in [1.165, 1.54) is 30.3 Å². The van der Waals surface area contributed by atoms with Crippen molar-refractivity contribution in [3.05, 3.63) is 87.0 Å². The number of hydrogen-bond acceptors (Lipinski definition) is 6. The summed E-state index contributed by atoms with van der Waals surface area (Å²) in [4.78, 5) is 31.7. The lowest BCUT2D eigenvalue weighted by atomic mass is 9.85. The number of amides is 1. The number of benzene rings is 2. The summed E-state index contributed by atoms with van der Waals surface area (Å²) in [5, 5.41) is 11.9. The van der Waals surface area contributed by atoms with Gasteiger partial charge in [-0.1, -0.05) is 44.0 Å². The van der Waals surface area contributed by atoms with Crippen LogP contribution in [-0.4, -0.2) is 26.9 Å². The number of para-hydroxylation sites is 1. The third-order valence-corrected chi connectivity index (χ3v) is 7.80. The molecule has 2 aromatic carbocycles. The zero-order valence-corrected chi connectivity index (χ0v) is 21.0. The molecule has 3 aromatic rings. The number of furan rings is 1. The molecule has 0 radical (unpaired) electrons. The fraction of sp³-hybridized carbons (Fsp3) is 0.286. The molecule has 1 saturated carbocycles. The second-order valence-corrected chi connectivity index (χ2v) is 10.3. The van der Waals surface area contributed by atoms with Crippen LogP contribution >= 0.6 is 11.8 Å². The minimum Gasteiger partial charge on any atom is -0.457 e. The molecule has 36 heavy (non-hydrogen) atoms. The predicted molar refractivity (Wildman–Crippen MR) is 143 cm³/mol. The van der Waals surface area contributed by atoms with Gasteiger partial charge in [-0.15, -0.1) is 0 Å². The minimum absolute atomic E-state index is 0.00689. The summed E-state index contributed by atoms with van der Waals surface area (Å²) in [6, 6.07) is 18.1. The van der Waals surface area contributed by atoms with Crippen LogP contribution in [0.1, 0.15) is 43.9 Å².